The summed E-state index contributed by atoms with van der Waals surface area (Å²) in [4.78, 5) is 1.28. The molecule has 0 spiro atoms. The number of nitrogens with two attached hydrogens (primary N) is 1. The minimum absolute atomic E-state index is 0.0736. The van der Waals surface area contributed by atoms with Crippen molar-refractivity contribution in [1.82, 2.24) is 5.43 Å². The first-order chi connectivity index (χ1) is 9.20. The van der Waals surface area contributed by atoms with Gasteiger partial charge in [0.2, 0.25) is 0 Å². The summed E-state index contributed by atoms with van der Waals surface area (Å²) < 4.78 is 2.68. The Labute approximate surface area is 120 Å². The van der Waals surface area contributed by atoms with Crippen LogP contribution in [-0.4, -0.2) is 0 Å². The van der Waals surface area contributed by atoms with E-state index in [1.54, 1.807) is 11.3 Å². The highest BCUT2D eigenvalue weighted by molar-refractivity contribution is 7.27. The van der Waals surface area contributed by atoms with Crippen molar-refractivity contribution in [2.75, 3.05) is 0 Å². The maximum absolute atomic E-state index is 5.81. The van der Waals surface area contributed by atoms with Gasteiger partial charge in [-0.2, -0.15) is 0 Å². The fraction of sp³-hybridized carbons (Fsp3) is 0.200. The number of rotatable bonds is 3. The van der Waals surface area contributed by atoms with Crippen molar-refractivity contribution in [3.05, 3.63) is 57.3 Å². The highest BCUT2D eigenvalue weighted by atomic mass is 32.1. The van der Waals surface area contributed by atoms with E-state index in [-0.39, 0.29) is 6.04 Å². The Morgan fingerprint density at radius 3 is 2.74 bits per heavy atom. The van der Waals surface area contributed by atoms with Gasteiger partial charge < -0.3 is 0 Å². The molecule has 2 aromatic heterocycles. The average molecular weight is 288 g/mol. The van der Waals surface area contributed by atoms with Gasteiger partial charge in [0, 0.05) is 14.3 Å². The Morgan fingerprint density at radius 1 is 1.16 bits per heavy atom. The smallest absolute Gasteiger partial charge is 0.0805 e. The van der Waals surface area contributed by atoms with Crippen LogP contribution in [0.5, 0.6) is 0 Å². The second-order valence-corrected chi connectivity index (χ2v) is 6.75. The Bertz CT molecular complexity index is 683. The monoisotopic (exact) mass is 288 g/mol. The molecule has 4 heteroatoms. The average Bonchev–Trinajstić information content (AvgIpc) is 2.96. The minimum Gasteiger partial charge on any atom is -0.271 e. The van der Waals surface area contributed by atoms with Crippen molar-refractivity contribution < 1.29 is 0 Å². The lowest BCUT2D eigenvalue weighted by Gasteiger charge is -2.18. The maximum atomic E-state index is 5.81. The standard InChI is InChI=1S/C15H16N2S2/c1-9-4-3-5-11(10(9)2)15(17-16)14-8-13-12(19-14)6-7-18-13/h3-8,15,17H,16H2,1-2H3. The molecule has 0 aliphatic rings. The van der Waals surface area contributed by atoms with E-state index in [2.05, 4.69) is 55.0 Å². The summed E-state index contributed by atoms with van der Waals surface area (Å²) in [7, 11) is 0. The number of thiophene rings is 2. The van der Waals surface area contributed by atoms with E-state index in [0.29, 0.717) is 0 Å². The predicted molar refractivity (Wildman–Crippen MR) is 84.8 cm³/mol. The van der Waals surface area contributed by atoms with Gasteiger partial charge >= 0.3 is 0 Å². The van der Waals surface area contributed by atoms with Crippen molar-refractivity contribution in [2.45, 2.75) is 19.9 Å². The molecular formula is C15H16N2S2. The molecule has 0 amide bonds. The lowest BCUT2D eigenvalue weighted by atomic mass is 9.97. The van der Waals surface area contributed by atoms with Crippen molar-refractivity contribution in [2.24, 2.45) is 5.84 Å². The number of nitrogens with one attached hydrogen (secondary N) is 1. The van der Waals surface area contributed by atoms with E-state index < -0.39 is 0 Å². The molecule has 3 rings (SSSR count). The molecule has 0 aliphatic carbocycles. The third-order valence-corrected chi connectivity index (χ3v) is 5.73. The van der Waals surface area contributed by atoms with Crippen LogP contribution in [0.4, 0.5) is 0 Å². The molecule has 2 nitrogen and oxygen atoms in total. The number of hydrogen-bond donors (Lipinski definition) is 2. The van der Waals surface area contributed by atoms with Gasteiger partial charge in [-0.25, -0.2) is 5.43 Å². The fourth-order valence-electron chi connectivity index (χ4n) is 2.34. The molecule has 3 aromatic rings. The molecule has 0 radical (unpaired) electrons. The fourth-order valence-corrected chi connectivity index (χ4v) is 4.54. The zero-order chi connectivity index (χ0) is 13.4. The van der Waals surface area contributed by atoms with Crippen LogP contribution in [0.3, 0.4) is 0 Å². The Hall–Kier alpha value is -1.20. The van der Waals surface area contributed by atoms with Gasteiger partial charge in [0.25, 0.3) is 0 Å². The first-order valence-electron chi connectivity index (χ1n) is 6.20. The number of fused-ring (bicyclic) bond motifs is 1. The van der Waals surface area contributed by atoms with Gasteiger partial charge in [-0.3, -0.25) is 5.84 Å². The van der Waals surface area contributed by atoms with Gasteiger partial charge in [-0.1, -0.05) is 18.2 Å². The lowest BCUT2D eigenvalue weighted by molar-refractivity contribution is 0.643. The second-order valence-electron chi connectivity index (χ2n) is 4.69. The van der Waals surface area contributed by atoms with E-state index in [9.17, 15) is 0 Å². The molecule has 1 unspecified atom stereocenters. The molecule has 19 heavy (non-hydrogen) atoms. The predicted octanol–water partition coefficient (Wildman–Crippen LogP) is 4.13. The van der Waals surface area contributed by atoms with Crippen molar-refractivity contribution in [1.29, 1.82) is 0 Å². The molecule has 0 fully saturated rings. The van der Waals surface area contributed by atoms with Gasteiger partial charge in [0.1, 0.15) is 0 Å². The van der Waals surface area contributed by atoms with E-state index in [1.807, 2.05) is 11.3 Å². The normalized spacial score (nSPS) is 13.0. The summed E-state index contributed by atoms with van der Waals surface area (Å²) in [5, 5.41) is 2.13. The number of aryl methyl sites for hydroxylation is 1. The van der Waals surface area contributed by atoms with Gasteiger partial charge in [-0.15, -0.1) is 22.7 Å². The van der Waals surface area contributed by atoms with Crippen molar-refractivity contribution in [3.8, 4) is 0 Å². The van der Waals surface area contributed by atoms with Crippen LogP contribution < -0.4 is 11.3 Å². The first kappa shape index (κ1) is 12.8. The van der Waals surface area contributed by atoms with E-state index in [1.165, 1.54) is 31.0 Å². The van der Waals surface area contributed by atoms with Crippen LogP contribution >= 0.6 is 22.7 Å². The Kier molecular flexibility index (Phi) is 3.41. The molecule has 0 saturated heterocycles. The topological polar surface area (TPSA) is 38.0 Å². The molecule has 1 aromatic carbocycles. The number of benzene rings is 1. The molecular weight excluding hydrogens is 272 g/mol. The van der Waals surface area contributed by atoms with Crippen molar-refractivity contribution in [3.63, 3.8) is 0 Å². The summed E-state index contributed by atoms with van der Waals surface area (Å²) >= 11 is 3.59. The van der Waals surface area contributed by atoms with E-state index >= 15 is 0 Å². The molecule has 98 valence electrons. The first-order valence-corrected chi connectivity index (χ1v) is 7.89. The van der Waals surface area contributed by atoms with Crippen LogP contribution in [-0.2, 0) is 0 Å². The van der Waals surface area contributed by atoms with Crippen LogP contribution in [0.15, 0.2) is 35.7 Å². The van der Waals surface area contributed by atoms with Crippen LogP contribution in [0, 0.1) is 13.8 Å². The molecule has 0 saturated carbocycles. The SMILES string of the molecule is Cc1cccc(C(NN)c2cc3sccc3s2)c1C. The lowest BCUT2D eigenvalue weighted by Crippen LogP contribution is -2.28. The molecule has 0 bridgehead atoms. The number of hydrazine groups is 1. The Morgan fingerprint density at radius 2 is 2.00 bits per heavy atom. The third kappa shape index (κ3) is 2.21. The van der Waals surface area contributed by atoms with E-state index in [4.69, 9.17) is 5.84 Å². The van der Waals surface area contributed by atoms with E-state index in [0.717, 1.165) is 0 Å². The molecule has 1 atom stereocenters. The highest BCUT2D eigenvalue weighted by Crippen LogP contribution is 2.36. The molecule has 2 heterocycles. The quantitative estimate of drug-likeness (QED) is 0.561. The zero-order valence-corrected chi connectivity index (χ0v) is 12.6. The van der Waals surface area contributed by atoms with Gasteiger partial charge in [-0.05, 0) is 48.1 Å². The van der Waals surface area contributed by atoms with Gasteiger partial charge in [0.15, 0.2) is 0 Å². The van der Waals surface area contributed by atoms with Crippen LogP contribution in [0.1, 0.15) is 27.6 Å². The van der Waals surface area contributed by atoms with Crippen LogP contribution in [0.25, 0.3) is 9.40 Å². The summed E-state index contributed by atoms with van der Waals surface area (Å²) in [6.45, 7) is 4.30. The summed E-state index contributed by atoms with van der Waals surface area (Å²) in [6, 6.07) is 10.9. The second kappa shape index (κ2) is 5.06. The Balaban J connectivity index is 2.09. The largest absolute Gasteiger partial charge is 0.271 e. The molecule has 0 aliphatic heterocycles. The third-order valence-electron chi connectivity index (χ3n) is 3.57. The van der Waals surface area contributed by atoms with Gasteiger partial charge in [0.05, 0.1) is 6.04 Å². The highest BCUT2D eigenvalue weighted by Gasteiger charge is 2.18. The summed E-state index contributed by atoms with van der Waals surface area (Å²) in [6.07, 6.45) is 0. The summed E-state index contributed by atoms with van der Waals surface area (Å²) in [5.74, 6) is 5.81. The summed E-state index contributed by atoms with van der Waals surface area (Å²) in [5.41, 5.74) is 6.84. The van der Waals surface area contributed by atoms with Crippen LogP contribution in [0.2, 0.25) is 0 Å². The minimum atomic E-state index is 0.0736. The molecule has 3 N–H and O–H groups in total. The van der Waals surface area contributed by atoms with Crippen molar-refractivity contribution >= 4 is 32.1 Å². The maximum Gasteiger partial charge on any atom is 0.0805 e. The zero-order valence-electron chi connectivity index (χ0n) is 10.9. The number of hydrogen-bond acceptors (Lipinski definition) is 4.